The Balaban J connectivity index is 1.39. The molecule has 1 aliphatic rings. The summed E-state index contributed by atoms with van der Waals surface area (Å²) in [6, 6.07) is 38.2. The molecule has 3 aromatic heterocycles. The molecule has 180 valence electrons. The summed E-state index contributed by atoms with van der Waals surface area (Å²) in [6.45, 7) is 7.57. The molecular formula is C34H17N3S2. The molecule has 0 N–H and O–H groups in total. The van der Waals surface area contributed by atoms with Crippen molar-refractivity contribution in [3.63, 3.8) is 0 Å². The van der Waals surface area contributed by atoms with Crippen molar-refractivity contribution in [3.05, 3.63) is 131 Å². The minimum Gasteiger partial charge on any atom is -0.307 e. The topological polar surface area (TPSA) is 33.1 Å². The summed E-state index contributed by atoms with van der Waals surface area (Å²) in [4.78, 5) is 4.74. The van der Waals surface area contributed by atoms with Crippen molar-refractivity contribution in [3.8, 4) is 33.3 Å². The maximum absolute atomic E-state index is 9.66. The van der Waals surface area contributed by atoms with Gasteiger partial charge in [-0.3, -0.25) is 0 Å². The molecule has 0 aliphatic heterocycles. The third-order valence-electron chi connectivity index (χ3n) is 7.48. The summed E-state index contributed by atoms with van der Waals surface area (Å²) in [5.41, 5.74) is 9.72. The molecule has 7 aromatic rings. The fraction of sp³-hybridized carbons (Fsp3) is 0. The zero-order valence-corrected chi connectivity index (χ0v) is 22.1. The molecule has 5 heteroatoms. The molecule has 0 atom stereocenters. The first kappa shape index (κ1) is 22.1. The van der Waals surface area contributed by atoms with Gasteiger partial charge in [0.05, 0.1) is 33.1 Å². The van der Waals surface area contributed by atoms with Crippen molar-refractivity contribution in [1.29, 1.82) is 5.26 Å². The maximum Gasteiger partial charge on any atom is 0.270 e. The molecule has 0 saturated heterocycles. The molecule has 3 heterocycles. The Labute approximate surface area is 232 Å². The molecule has 39 heavy (non-hydrogen) atoms. The summed E-state index contributed by atoms with van der Waals surface area (Å²) in [6.07, 6.45) is 0. The number of thiophene rings is 2. The van der Waals surface area contributed by atoms with Crippen LogP contribution in [0.25, 0.3) is 68.2 Å². The number of aromatic nitrogens is 1. The van der Waals surface area contributed by atoms with E-state index in [-0.39, 0.29) is 5.70 Å². The molecule has 3 nitrogen and oxygen atoms in total. The van der Waals surface area contributed by atoms with Gasteiger partial charge in [0.2, 0.25) is 0 Å². The van der Waals surface area contributed by atoms with Crippen LogP contribution in [-0.2, 0) is 0 Å². The lowest BCUT2D eigenvalue weighted by atomic mass is 10.0. The summed E-state index contributed by atoms with van der Waals surface area (Å²) in [5.74, 6) is 0. The highest BCUT2D eigenvalue weighted by Crippen LogP contribution is 2.50. The van der Waals surface area contributed by atoms with E-state index in [1.54, 1.807) is 0 Å². The number of benzene rings is 4. The third-order valence-corrected chi connectivity index (χ3v) is 9.98. The predicted octanol–water partition coefficient (Wildman–Crippen LogP) is 9.91. The van der Waals surface area contributed by atoms with Crippen LogP contribution in [0.3, 0.4) is 0 Å². The van der Waals surface area contributed by atoms with Gasteiger partial charge in [0.1, 0.15) is 0 Å². The molecule has 8 rings (SSSR count). The summed E-state index contributed by atoms with van der Waals surface area (Å²) in [7, 11) is 0. The van der Waals surface area contributed by atoms with Crippen LogP contribution in [0.2, 0.25) is 0 Å². The van der Waals surface area contributed by atoms with Gasteiger partial charge < -0.3 is 4.57 Å². The van der Waals surface area contributed by atoms with E-state index in [0.717, 1.165) is 39.1 Å². The van der Waals surface area contributed by atoms with Crippen LogP contribution in [0.1, 0.15) is 11.1 Å². The smallest absolute Gasteiger partial charge is 0.270 e. The van der Waals surface area contributed by atoms with Gasteiger partial charge in [-0.15, -0.1) is 22.7 Å². The minimum absolute atomic E-state index is 0.139. The van der Waals surface area contributed by atoms with Crippen LogP contribution in [0, 0.1) is 17.9 Å². The number of nitriles is 1. The second-order valence-corrected chi connectivity index (χ2v) is 11.6. The van der Waals surface area contributed by atoms with E-state index in [9.17, 15) is 5.26 Å². The Morgan fingerprint density at radius 2 is 1.49 bits per heavy atom. The van der Waals surface area contributed by atoms with Crippen molar-refractivity contribution < 1.29 is 0 Å². The van der Waals surface area contributed by atoms with Crippen molar-refractivity contribution in [2.24, 2.45) is 0 Å². The van der Waals surface area contributed by atoms with Crippen LogP contribution in [-0.4, -0.2) is 4.57 Å². The molecule has 0 fully saturated rings. The van der Waals surface area contributed by atoms with Crippen molar-refractivity contribution in [1.82, 2.24) is 4.57 Å². The van der Waals surface area contributed by atoms with Gasteiger partial charge >= 0.3 is 0 Å². The molecule has 4 aromatic carbocycles. The Kier molecular flexibility index (Phi) is 4.69. The lowest BCUT2D eigenvalue weighted by Crippen LogP contribution is -1.92. The molecule has 0 unspecified atom stereocenters. The van der Waals surface area contributed by atoms with E-state index in [0.29, 0.717) is 0 Å². The standard InChI is InChI=1S/C34H17N3S2/c1-36-27(19-35)31-23-12-6-5-11-22(23)26-17-20(15-16-24(26)31)30-18-28-33(39-30)34-32(25-13-7-8-14-29(25)38-34)37(28)21-9-3-2-4-10-21/h2-18H/b31-27-. The first-order valence-electron chi connectivity index (χ1n) is 12.5. The van der Waals surface area contributed by atoms with E-state index in [2.05, 4.69) is 100 Å². The number of allylic oxidation sites excluding steroid dienone is 1. The summed E-state index contributed by atoms with van der Waals surface area (Å²) in [5, 5.41) is 10.9. The van der Waals surface area contributed by atoms with E-state index in [1.807, 2.05) is 40.9 Å². The van der Waals surface area contributed by atoms with Crippen LogP contribution >= 0.6 is 22.7 Å². The zero-order valence-electron chi connectivity index (χ0n) is 20.5. The largest absolute Gasteiger partial charge is 0.307 e. The molecule has 0 bridgehead atoms. The highest BCUT2D eigenvalue weighted by Gasteiger charge is 2.27. The average molecular weight is 532 g/mol. The van der Waals surface area contributed by atoms with Gasteiger partial charge in [0, 0.05) is 26.2 Å². The monoisotopic (exact) mass is 531 g/mol. The van der Waals surface area contributed by atoms with Gasteiger partial charge in [0.25, 0.3) is 5.70 Å². The Morgan fingerprint density at radius 1 is 0.744 bits per heavy atom. The van der Waals surface area contributed by atoms with Gasteiger partial charge in [-0.05, 0) is 58.1 Å². The van der Waals surface area contributed by atoms with Gasteiger partial charge in [-0.25, -0.2) is 10.1 Å². The molecule has 0 spiro atoms. The van der Waals surface area contributed by atoms with Crippen molar-refractivity contribution >= 4 is 58.8 Å². The maximum atomic E-state index is 9.66. The van der Waals surface area contributed by atoms with Gasteiger partial charge in [-0.2, -0.15) is 0 Å². The fourth-order valence-electron chi connectivity index (χ4n) is 5.84. The lowest BCUT2D eigenvalue weighted by Gasteiger charge is -2.07. The normalized spacial score (nSPS) is 13.4. The second-order valence-electron chi connectivity index (χ2n) is 9.53. The number of nitrogens with zero attached hydrogens (tertiary/aromatic N) is 3. The third kappa shape index (κ3) is 3.06. The van der Waals surface area contributed by atoms with Crippen LogP contribution in [0.15, 0.2) is 109 Å². The quantitative estimate of drug-likeness (QED) is 0.161. The Hall–Kier alpha value is -4.94. The Bertz CT molecular complexity index is 2230. The van der Waals surface area contributed by atoms with Gasteiger partial charge in [-0.1, -0.05) is 72.8 Å². The first-order chi connectivity index (χ1) is 19.3. The van der Waals surface area contributed by atoms with E-state index in [1.165, 1.54) is 35.4 Å². The molecule has 0 radical (unpaired) electrons. The predicted molar refractivity (Wildman–Crippen MR) is 163 cm³/mol. The van der Waals surface area contributed by atoms with E-state index >= 15 is 0 Å². The zero-order chi connectivity index (χ0) is 26.1. The molecule has 0 amide bonds. The van der Waals surface area contributed by atoms with Crippen LogP contribution in [0.5, 0.6) is 0 Å². The first-order valence-corrected chi connectivity index (χ1v) is 14.2. The average Bonchev–Trinajstić information content (AvgIpc) is 3.72. The van der Waals surface area contributed by atoms with Crippen LogP contribution < -0.4 is 0 Å². The number of hydrogen-bond donors (Lipinski definition) is 0. The summed E-state index contributed by atoms with van der Waals surface area (Å²) >= 11 is 3.69. The highest BCUT2D eigenvalue weighted by molar-refractivity contribution is 7.32. The number of para-hydroxylation sites is 1. The van der Waals surface area contributed by atoms with Gasteiger partial charge in [0.15, 0.2) is 0 Å². The Morgan fingerprint density at radius 3 is 2.31 bits per heavy atom. The minimum atomic E-state index is 0.139. The SMILES string of the molecule is [C-]#[N+]/C(C#N)=C1/c2ccccc2-c2cc(-c3cc4c(s3)c3sc5ccccc5c3n4-c3ccccc3)ccc21. The highest BCUT2D eigenvalue weighted by atomic mass is 32.1. The number of rotatable bonds is 2. The molecule has 1 aliphatic carbocycles. The van der Waals surface area contributed by atoms with Crippen LogP contribution in [0.4, 0.5) is 0 Å². The number of fused-ring (bicyclic) bond motifs is 8. The number of hydrogen-bond acceptors (Lipinski definition) is 3. The lowest BCUT2D eigenvalue weighted by molar-refractivity contribution is 1.19. The summed E-state index contributed by atoms with van der Waals surface area (Å²) < 4.78 is 6.32. The second kappa shape index (κ2) is 8.28. The van der Waals surface area contributed by atoms with E-state index < -0.39 is 0 Å². The van der Waals surface area contributed by atoms with Crippen molar-refractivity contribution in [2.45, 2.75) is 0 Å². The fourth-order valence-corrected chi connectivity index (χ4v) is 8.30. The van der Waals surface area contributed by atoms with E-state index in [4.69, 9.17) is 6.57 Å². The molecular weight excluding hydrogens is 515 g/mol. The van der Waals surface area contributed by atoms with Crippen molar-refractivity contribution in [2.75, 3.05) is 0 Å². The molecule has 0 saturated carbocycles.